The van der Waals surface area contributed by atoms with Crippen LogP contribution in [0, 0.1) is 0 Å². The van der Waals surface area contributed by atoms with Crippen molar-refractivity contribution in [1.29, 1.82) is 0 Å². The summed E-state index contributed by atoms with van der Waals surface area (Å²) in [5, 5.41) is 3.41. The van der Waals surface area contributed by atoms with Crippen molar-refractivity contribution in [3.63, 3.8) is 0 Å². The number of nitrogens with one attached hydrogen (secondary N) is 1. The maximum Gasteiger partial charge on any atom is 0.194 e. The third-order valence-electron chi connectivity index (χ3n) is 4.80. The molecule has 1 saturated heterocycles. The molecule has 1 N–H and O–H groups in total. The van der Waals surface area contributed by atoms with E-state index in [1.807, 2.05) is 31.2 Å². The van der Waals surface area contributed by atoms with Crippen molar-refractivity contribution < 1.29 is 18.9 Å². The lowest BCUT2D eigenvalue weighted by Gasteiger charge is -2.34. The van der Waals surface area contributed by atoms with E-state index in [0.717, 1.165) is 69.6 Å². The topological polar surface area (TPSA) is 64.6 Å². The zero-order valence-electron chi connectivity index (χ0n) is 18.4. The fourth-order valence-electron chi connectivity index (χ4n) is 3.27. The molecule has 0 radical (unpaired) electrons. The highest BCUT2D eigenvalue weighted by atomic mass is 16.5. The Labute approximate surface area is 175 Å². The van der Waals surface area contributed by atoms with Gasteiger partial charge >= 0.3 is 0 Å². The Kier molecular flexibility index (Phi) is 10.7. The molecule has 0 aliphatic carbocycles. The van der Waals surface area contributed by atoms with E-state index in [1.165, 1.54) is 0 Å². The zero-order chi connectivity index (χ0) is 20.9. The number of methoxy groups -OCH3 is 2. The number of guanidine groups is 1. The Bertz CT molecular complexity index is 603. The lowest BCUT2D eigenvalue weighted by atomic mass is 10.1. The second-order valence-corrected chi connectivity index (χ2v) is 7.21. The number of hydrogen-bond acceptors (Lipinski definition) is 5. The third kappa shape index (κ3) is 8.50. The number of rotatable bonds is 11. The Morgan fingerprint density at radius 3 is 2.66 bits per heavy atom. The van der Waals surface area contributed by atoms with Crippen molar-refractivity contribution in [2.75, 3.05) is 53.6 Å². The van der Waals surface area contributed by atoms with E-state index in [1.54, 1.807) is 14.2 Å². The van der Waals surface area contributed by atoms with Gasteiger partial charge in [0.1, 0.15) is 17.6 Å². The molecule has 0 spiro atoms. The predicted octanol–water partition coefficient (Wildman–Crippen LogP) is 2.95. The van der Waals surface area contributed by atoms with Crippen LogP contribution in [-0.4, -0.2) is 76.7 Å². The van der Waals surface area contributed by atoms with Crippen molar-refractivity contribution >= 4 is 5.96 Å². The highest BCUT2D eigenvalue weighted by Gasteiger charge is 2.22. The first kappa shape index (κ1) is 23.3. The van der Waals surface area contributed by atoms with Gasteiger partial charge in [-0.15, -0.1) is 0 Å². The molecule has 1 aliphatic heterocycles. The highest BCUT2D eigenvalue weighted by molar-refractivity contribution is 5.80. The molecule has 29 heavy (non-hydrogen) atoms. The van der Waals surface area contributed by atoms with Gasteiger partial charge in [-0.2, -0.15) is 0 Å². The first-order valence-corrected chi connectivity index (χ1v) is 10.6. The van der Waals surface area contributed by atoms with E-state index >= 15 is 0 Å². The molecule has 7 heteroatoms. The first-order chi connectivity index (χ1) is 14.2. The van der Waals surface area contributed by atoms with Crippen LogP contribution in [0.15, 0.2) is 29.3 Å². The molecule has 0 amide bonds. The van der Waals surface area contributed by atoms with Gasteiger partial charge in [0.05, 0.1) is 19.8 Å². The molecule has 1 unspecified atom stereocenters. The number of ether oxygens (including phenoxy) is 4. The summed E-state index contributed by atoms with van der Waals surface area (Å²) in [5.74, 6) is 2.54. The van der Waals surface area contributed by atoms with Crippen LogP contribution in [0.3, 0.4) is 0 Å². The molecule has 2 rings (SSSR count). The molecule has 1 aromatic carbocycles. The van der Waals surface area contributed by atoms with Gasteiger partial charge in [-0.3, -0.25) is 0 Å². The fraction of sp³-hybridized carbons (Fsp3) is 0.682. The Balaban J connectivity index is 1.81. The van der Waals surface area contributed by atoms with Gasteiger partial charge in [0.15, 0.2) is 5.96 Å². The molecule has 1 aromatic rings. The minimum atomic E-state index is -0.0302. The summed E-state index contributed by atoms with van der Waals surface area (Å²) in [5.41, 5.74) is 0. The molecule has 1 atom stereocenters. The molecular weight excluding hydrogens is 370 g/mol. The standard InChI is InChI=1S/C22H37N3O4/c1-5-23-22(25-12-10-19(11-13-25)28-15-7-14-26-3)24-17-18(2)29-21-9-6-8-20(16-21)27-4/h6,8-9,16,18-19H,5,7,10-15,17H2,1-4H3,(H,23,24). The van der Waals surface area contributed by atoms with Gasteiger partial charge < -0.3 is 29.2 Å². The van der Waals surface area contributed by atoms with Gasteiger partial charge in [-0.25, -0.2) is 4.99 Å². The number of likely N-dealkylation sites (tertiary alicyclic amines) is 1. The van der Waals surface area contributed by atoms with Gasteiger partial charge in [-0.05, 0) is 45.2 Å². The molecule has 7 nitrogen and oxygen atoms in total. The SMILES string of the molecule is CCNC(=NCC(C)Oc1cccc(OC)c1)N1CCC(OCCCOC)CC1. The maximum absolute atomic E-state index is 5.99. The molecular formula is C22H37N3O4. The molecule has 0 aromatic heterocycles. The summed E-state index contributed by atoms with van der Waals surface area (Å²) in [6.45, 7) is 8.99. The van der Waals surface area contributed by atoms with Crippen LogP contribution in [0.4, 0.5) is 0 Å². The van der Waals surface area contributed by atoms with Crippen LogP contribution in [0.5, 0.6) is 11.5 Å². The summed E-state index contributed by atoms with van der Waals surface area (Å²) in [4.78, 5) is 7.12. The van der Waals surface area contributed by atoms with Gasteiger partial charge in [0, 0.05) is 46.0 Å². The van der Waals surface area contributed by atoms with Crippen molar-refractivity contribution in [3.8, 4) is 11.5 Å². The predicted molar refractivity (Wildman–Crippen MR) is 116 cm³/mol. The Hall–Kier alpha value is -1.99. The number of hydrogen-bond donors (Lipinski definition) is 1. The molecule has 1 fully saturated rings. The number of nitrogens with zero attached hydrogens (tertiary/aromatic N) is 2. The van der Waals surface area contributed by atoms with Crippen molar-refractivity contribution in [2.45, 2.75) is 45.3 Å². The van der Waals surface area contributed by atoms with Crippen LogP contribution in [-0.2, 0) is 9.47 Å². The van der Waals surface area contributed by atoms with Gasteiger partial charge in [-0.1, -0.05) is 6.07 Å². The van der Waals surface area contributed by atoms with Crippen LogP contribution < -0.4 is 14.8 Å². The van der Waals surface area contributed by atoms with Gasteiger partial charge in [0.2, 0.25) is 0 Å². The lowest BCUT2D eigenvalue weighted by molar-refractivity contribution is 0.00988. The summed E-state index contributed by atoms with van der Waals surface area (Å²) in [6.07, 6.45) is 3.30. The highest BCUT2D eigenvalue weighted by Crippen LogP contribution is 2.20. The quantitative estimate of drug-likeness (QED) is 0.346. The maximum atomic E-state index is 5.99. The normalized spacial score (nSPS) is 16.6. The third-order valence-corrected chi connectivity index (χ3v) is 4.80. The second kappa shape index (κ2) is 13.3. The summed E-state index contributed by atoms with van der Waals surface area (Å²) < 4.78 is 22.3. The molecule has 0 saturated carbocycles. The summed E-state index contributed by atoms with van der Waals surface area (Å²) >= 11 is 0. The van der Waals surface area contributed by atoms with Crippen molar-refractivity contribution in [2.24, 2.45) is 4.99 Å². The largest absolute Gasteiger partial charge is 0.497 e. The zero-order valence-corrected chi connectivity index (χ0v) is 18.4. The van der Waals surface area contributed by atoms with E-state index in [0.29, 0.717) is 12.6 Å². The van der Waals surface area contributed by atoms with Gasteiger partial charge in [0.25, 0.3) is 0 Å². The molecule has 1 aliphatic rings. The fourth-order valence-corrected chi connectivity index (χ4v) is 3.27. The average molecular weight is 408 g/mol. The van der Waals surface area contributed by atoms with Crippen molar-refractivity contribution in [3.05, 3.63) is 24.3 Å². The summed E-state index contributed by atoms with van der Waals surface area (Å²) in [6, 6.07) is 7.66. The van der Waals surface area contributed by atoms with E-state index < -0.39 is 0 Å². The molecule has 0 bridgehead atoms. The van der Waals surface area contributed by atoms with E-state index in [2.05, 4.69) is 17.1 Å². The van der Waals surface area contributed by atoms with E-state index in [9.17, 15) is 0 Å². The van der Waals surface area contributed by atoms with Crippen LogP contribution in [0.25, 0.3) is 0 Å². The number of benzene rings is 1. The molecule has 1 heterocycles. The number of piperidine rings is 1. The molecule has 164 valence electrons. The minimum Gasteiger partial charge on any atom is -0.497 e. The number of aliphatic imine (C=N–C) groups is 1. The smallest absolute Gasteiger partial charge is 0.194 e. The van der Waals surface area contributed by atoms with Crippen LogP contribution in [0.1, 0.15) is 33.1 Å². The Morgan fingerprint density at radius 1 is 1.21 bits per heavy atom. The van der Waals surface area contributed by atoms with Crippen molar-refractivity contribution in [1.82, 2.24) is 10.2 Å². The van der Waals surface area contributed by atoms with Crippen LogP contribution >= 0.6 is 0 Å². The van der Waals surface area contributed by atoms with Crippen LogP contribution in [0.2, 0.25) is 0 Å². The summed E-state index contributed by atoms with van der Waals surface area (Å²) in [7, 11) is 3.38. The first-order valence-electron chi connectivity index (χ1n) is 10.6. The lowest BCUT2D eigenvalue weighted by Crippen LogP contribution is -2.47. The minimum absolute atomic E-state index is 0.0302. The average Bonchev–Trinajstić information content (AvgIpc) is 2.75. The van der Waals surface area contributed by atoms with E-state index in [4.69, 9.17) is 23.9 Å². The Morgan fingerprint density at radius 2 is 1.97 bits per heavy atom. The second-order valence-electron chi connectivity index (χ2n) is 7.21. The monoisotopic (exact) mass is 407 g/mol. The van der Waals surface area contributed by atoms with E-state index in [-0.39, 0.29) is 6.10 Å².